The molecule has 0 bridgehead atoms. The van der Waals surface area contributed by atoms with Gasteiger partial charge in [0.25, 0.3) is 0 Å². The standard InChI is InChI=1S/C14H15NO4/c1-4-14(2)13(17)19-11(15-14)9-5-7-10(8-6-9)12(16)18-3/h5-8H,4H2,1-3H3. The van der Waals surface area contributed by atoms with Crippen LogP contribution in [0.5, 0.6) is 0 Å². The minimum absolute atomic E-state index is 0.297. The van der Waals surface area contributed by atoms with Crippen molar-refractivity contribution in [2.24, 2.45) is 4.99 Å². The zero-order valence-corrected chi connectivity index (χ0v) is 11.1. The average Bonchev–Trinajstić information content (AvgIpc) is 2.75. The third-order valence-corrected chi connectivity index (χ3v) is 3.22. The number of esters is 2. The first-order valence-corrected chi connectivity index (χ1v) is 6.01. The van der Waals surface area contributed by atoms with Gasteiger partial charge in [0.15, 0.2) is 5.54 Å². The number of aliphatic imine (C=N–C) groups is 1. The van der Waals surface area contributed by atoms with Crippen molar-refractivity contribution in [2.75, 3.05) is 7.11 Å². The number of carbonyl (C=O) groups excluding carboxylic acids is 2. The van der Waals surface area contributed by atoms with Crippen LogP contribution < -0.4 is 0 Å². The van der Waals surface area contributed by atoms with Gasteiger partial charge in [-0.25, -0.2) is 14.6 Å². The summed E-state index contributed by atoms with van der Waals surface area (Å²) in [4.78, 5) is 27.3. The molecule has 100 valence electrons. The molecule has 1 unspecified atom stereocenters. The Morgan fingerprint density at radius 3 is 2.47 bits per heavy atom. The summed E-state index contributed by atoms with van der Waals surface area (Å²) in [6.45, 7) is 3.62. The first kappa shape index (κ1) is 13.3. The van der Waals surface area contributed by atoms with Crippen molar-refractivity contribution in [3.8, 4) is 0 Å². The maximum atomic E-state index is 11.7. The molecule has 1 heterocycles. The molecule has 1 atom stereocenters. The van der Waals surface area contributed by atoms with E-state index in [-0.39, 0.29) is 5.97 Å². The SMILES string of the molecule is CCC1(C)N=C(c2ccc(C(=O)OC)cc2)OC1=O. The molecule has 1 aliphatic heterocycles. The predicted octanol–water partition coefficient (Wildman–Crippen LogP) is 1.95. The Morgan fingerprint density at radius 1 is 1.37 bits per heavy atom. The zero-order valence-electron chi connectivity index (χ0n) is 11.1. The maximum absolute atomic E-state index is 11.7. The van der Waals surface area contributed by atoms with Crippen molar-refractivity contribution >= 4 is 17.8 Å². The number of benzene rings is 1. The van der Waals surface area contributed by atoms with E-state index in [1.165, 1.54) is 7.11 Å². The van der Waals surface area contributed by atoms with Crippen LogP contribution in [-0.2, 0) is 14.3 Å². The molecule has 19 heavy (non-hydrogen) atoms. The largest absolute Gasteiger partial charge is 0.465 e. The van der Waals surface area contributed by atoms with Crippen molar-refractivity contribution in [2.45, 2.75) is 25.8 Å². The quantitative estimate of drug-likeness (QED) is 0.780. The van der Waals surface area contributed by atoms with E-state index in [4.69, 9.17) is 4.74 Å². The highest BCUT2D eigenvalue weighted by atomic mass is 16.6. The Hall–Kier alpha value is -2.17. The molecule has 2 rings (SSSR count). The van der Waals surface area contributed by atoms with Crippen molar-refractivity contribution in [1.29, 1.82) is 0 Å². The van der Waals surface area contributed by atoms with E-state index in [2.05, 4.69) is 9.73 Å². The molecular weight excluding hydrogens is 246 g/mol. The van der Waals surface area contributed by atoms with Gasteiger partial charge >= 0.3 is 11.9 Å². The summed E-state index contributed by atoms with van der Waals surface area (Å²) in [5.74, 6) is -0.455. The molecule has 0 saturated carbocycles. The van der Waals surface area contributed by atoms with Crippen LogP contribution in [0.4, 0.5) is 0 Å². The van der Waals surface area contributed by atoms with E-state index < -0.39 is 11.5 Å². The number of hydrogen-bond acceptors (Lipinski definition) is 5. The highest BCUT2D eigenvalue weighted by Crippen LogP contribution is 2.26. The number of hydrogen-bond donors (Lipinski definition) is 0. The Morgan fingerprint density at radius 2 is 2.00 bits per heavy atom. The van der Waals surface area contributed by atoms with E-state index in [1.807, 2.05) is 6.92 Å². The summed E-state index contributed by atoms with van der Waals surface area (Å²) in [5, 5.41) is 0. The number of cyclic esters (lactones) is 1. The number of methoxy groups -OCH3 is 1. The Balaban J connectivity index is 2.27. The fourth-order valence-electron chi connectivity index (χ4n) is 1.70. The van der Waals surface area contributed by atoms with Gasteiger partial charge in [0.1, 0.15) is 0 Å². The Labute approximate surface area is 111 Å². The van der Waals surface area contributed by atoms with Crippen LogP contribution in [-0.4, -0.2) is 30.5 Å². The number of nitrogens with zero attached hydrogens (tertiary/aromatic N) is 1. The molecule has 0 radical (unpaired) electrons. The summed E-state index contributed by atoms with van der Waals surface area (Å²) in [6, 6.07) is 6.58. The first-order chi connectivity index (χ1) is 9.00. The fraction of sp³-hybridized carbons (Fsp3) is 0.357. The monoisotopic (exact) mass is 261 g/mol. The normalized spacial score (nSPS) is 21.8. The molecule has 0 saturated heterocycles. The zero-order chi connectivity index (χ0) is 14.0. The van der Waals surface area contributed by atoms with Gasteiger partial charge in [-0.15, -0.1) is 0 Å². The van der Waals surface area contributed by atoms with Crippen LogP contribution in [0.3, 0.4) is 0 Å². The highest BCUT2D eigenvalue weighted by molar-refractivity contribution is 6.08. The van der Waals surface area contributed by atoms with Crippen LogP contribution in [0.25, 0.3) is 0 Å². The van der Waals surface area contributed by atoms with Crippen LogP contribution in [0.1, 0.15) is 36.2 Å². The Bertz CT molecular complexity index is 547. The van der Waals surface area contributed by atoms with Gasteiger partial charge in [-0.3, -0.25) is 0 Å². The molecule has 5 heteroatoms. The van der Waals surface area contributed by atoms with E-state index in [9.17, 15) is 9.59 Å². The van der Waals surface area contributed by atoms with Gasteiger partial charge in [-0.2, -0.15) is 0 Å². The number of ether oxygens (including phenoxy) is 2. The van der Waals surface area contributed by atoms with Gasteiger partial charge in [0.05, 0.1) is 12.7 Å². The van der Waals surface area contributed by atoms with Crippen LogP contribution in [0.2, 0.25) is 0 Å². The van der Waals surface area contributed by atoms with Crippen LogP contribution in [0, 0.1) is 0 Å². The van der Waals surface area contributed by atoms with Crippen molar-refractivity contribution < 1.29 is 19.1 Å². The van der Waals surface area contributed by atoms with Gasteiger partial charge in [0.2, 0.25) is 5.90 Å². The summed E-state index contributed by atoms with van der Waals surface area (Å²) in [5.41, 5.74) is 0.295. The van der Waals surface area contributed by atoms with Gasteiger partial charge in [-0.05, 0) is 37.6 Å². The first-order valence-electron chi connectivity index (χ1n) is 6.01. The second kappa shape index (κ2) is 4.84. The maximum Gasteiger partial charge on any atom is 0.340 e. The van der Waals surface area contributed by atoms with Crippen LogP contribution >= 0.6 is 0 Å². The number of carbonyl (C=O) groups is 2. The smallest absolute Gasteiger partial charge is 0.340 e. The van der Waals surface area contributed by atoms with Crippen molar-refractivity contribution in [3.05, 3.63) is 35.4 Å². The topological polar surface area (TPSA) is 65.0 Å². The van der Waals surface area contributed by atoms with E-state index >= 15 is 0 Å². The minimum atomic E-state index is -0.809. The molecule has 0 spiro atoms. The van der Waals surface area contributed by atoms with Gasteiger partial charge < -0.3 is 9.47 Å². The molecule has 0 N–H and O–H groups in total. The molecule has 0 aromatic heterocycles. The van der Waals surface area contributed by atoms with E-state index in [0.29, 0.717) is 23.4 Å². The van der Waals surface area contributed by atoms with Crippen LogP contribution in [0.15, 0.2) is 29.3 Å². The summed E-state index contributed by atoms with van der Waals surface area (Å²) in [6.07, 6.45) is 0.579. The lowest BCUT2D eigenvalue weighted by Crippen LogP contribution is -2.28. The predicted molar refractivity (Wildman–Crippen MR) is 69.1 cm³/mol. The summed E-state index contributed by atoms with van der Waals surface area (Å²) in [7, 11) is 1.33. The highest BCUT2D eigenvalue weighted by Gasteiger charge is 2.40. The van der Waals surface area contributed by atoms with Gasteiger partial charge in [-0.1, -0.05) is 6.92 Å². The molecular formula is C14H15NO4. The second-order valence-electron chi connectivity index (χ2n) is 4.50. The lowest BCUT2D eigenvalue weighted by atomic mass is 10.0. The van der Waals surface area contributed by atoms with Crippen molar-refractivity contribution in [1.82, 2.24) is 0 Å². The lowest BCUT2D eigenvalue weighted by molar-refractivity contribution is -0.138. The molecule has 5 nitrogen and oxygen atoms in total. The van der Waals surface area contributed by atoms with E-state index in [0.717, 1.165) is 0 Å². The van der Waals surface area contributed by atoms with Gasteiger partial charge in [0, 0.05) is 5.56 Å². The van der Waals surface area contributed by atoms with E-state index in [1.54, 1.807) is 31.2 Å². The fourth-order valence-corrected chi connectivity index (χ4v) is 1.70. The minimum Gasteiger partial charge on any atom is -0.465 e. The summed E-state index contributed by atoms with van der Waals surface area (Å²) >= 11 is 0. The Kier molecular flexibility index (Phi) is 3.38. The number of rotatable bonds is 3. The third-order valence-electron chi connectivity index (χ3n) is 3.22. The lowest BCUT2D eigenvalue weighted by Gasteiger charge is -2.11. The molecule has 0 aliphatic carbocycles. The molecule has 1 aliphatic rings. The average molecular weight is 261 g/mol. The molecule has 0 amide bonds. The second-order valence-corrected chi connectivity index (χ2v) is 4.50. The third kappa shape index (κ3) is 2.36. The molecule has 0 fully saturated rings. The molecule has 1 aromatic carbocycles. The van der Waals surface area contributed by atoms with Crippen molar-refractivity contribution in [3.63, 3.8) is 0 Å². The molecule has 1 aromatic rings. The summed E-state index contributed by atoms with van der Waals surface area (Å²) < 4.78 is 9.79.